The van der Waals surface area contributed by atoms with Crippen LogP contribution in [-0.4, -0.2) is 68.5 Å². The van der Waals surface area contributed by atoms with Crippen molar-refractivity contribution in [3.8, 4) is 0 Å². The van der Waals surface area contributed by atoms with E-state index in [4.69, 9.17) is 9.47 Å². The molecule has 4 rings (SSSR count). The van der Waals surface area contributed by atoms with Crippen molar-refractivity contribution in [1.82, 2.24) is 9.80 Å². The summed E-state index contributed by atoms with van der Waals surface area (Å²) < 4.78 is 10.2. The second-order valence-corrected chi connectivity index (χ2v) is 9.08. The van der Waals surface area contributed by atoms with Crippen LogP contribution in [0.4, 0.5) is 9.59 Å². The van der Waals surface area contributed by atoms with Crippen molar-refractivity contribution in [2.24, 2.45) is 11.8 Å². The van der Waals surface area contributed by atoms with Crippen molar-refractivity contribution >= 4 is 12.2 Å². The smallest absolute Gasteiger partial charge is 0.416 e. The van der Waals surface area contributed by atoms with Gasteiger partial charge < -0.3 is 9.47 Å². The molecule has 12 heteroatoms. The van der Waals surface area contributed by atoms with E-state index in [1.165, 1.54) is 0 Å². The van der Waals surface area contributed by atoms with Crippen molar-refractivity contribution in [1.29, 1.82) is 0 Å². The molecule has 2 aliphatic heterocycles. The maximum absolute atomic E-state index is 12.9. The van der Waals surface area contributed by atoms with E-state index in [0.29, 0.717) is 25.7 Å². The molecule has 2 heterocycles. The lowest BCUT2D eigenvalue weighted by molar-refractivity contribution is -0.659. The van der Waals surface area contributed by atoms with Crippen LogP contribution in [-0.2, 0) is 9.47 Å². The van der Waals surface area contributed by atoms with E-state index < -0.39 is 45.4 Å². The average Bonchev–Trinajstić information content (AvgIpc) is 3.36. The van der Waals surface area contributed by atoms with E-state index in [1.54, 1.807) is 13.8 Å². The molecule has 0 aromatic carbocycles. The Kier molecular flexibility index (Phi) is 5.66. The minimum absolute atomic E-state index is 0.0143. The summed E-state index contributed by atoms with van der Waals surface area (Å²) in [5.74, 6) is -0.508. The predicted octanol–water partition coefficient (Wildman–Crippen LogP) is 2.99. The Morgan fingerprint density at radius 1 is 0.781 bits per heavy atom. The molecule has 0 aromatic heterocycles. The number of amides is 2. The van der Waals surface area contributed by atoms with Crippen molar-refractivity contribution in [3.05, 3.63) is 20.2 Å². The van der Waals surface area contributed by atoms with Gasteiger partial charge in [-0.2, -0.15) is 0 Å². The molecular formula is C20H30N4O8. The van der Waals surface area contributed by atoms with Gasteiger partial charge in [0.05, 0.1) is 23.1 Å². The van der Waals surface area contributed by atoms with Gasteiger partial charge in [-0.25, -0.2) is 19.4 Å². The van der Waals surface area contributed by atoms with E-state index in [0.717, 1.165) is 35.5 Å². The zero-order valence-electron chi connectivity index (χ0n) is 18.4. The fraction of sp³-hybridized carbons (Fsp3) is 0.900. The van der Waals surface area contributed by atoms with Crippen molar-refractivity contribution < 1.29 is 28.9 Å². The summed E-state index contributed by atoms with van der Waals surface area (Å²) in [5, 5.41) is 25.4. The second-order valence-electron chi connectivity index (χ2n) is 9.08. The highest BCUT2D eigenvalue weighted by atomic mass is 16.7. The van der Waals surface area contributed by atoms with Crippen LogP contribution in [0.2, 0.25) is 0 Å². The van der Waals surface area contributed by atoms with Gasteiger partial charge in [-0.1, -0.05) is 25.7 Å². The largest absolute Gasteiger partial charge is 0.450 e. The maximum Gasteiger partial charge on any atom is 0.416 e. The fourth-order valence-corrected chi connectivity index (χ4v) is 6.57. The number of carbonyl (C=O) groups excluding carboxylic acids is 2. The molecule has 2 saturated carbocycles. The van der Waals surface area contributed by atoms with Crippen LogP contribution in [0.3, 0.4) is 0 Å². The van der Waals surface area contributed by atoms with E-state index in [9.17, 15) is 29.8 Å². The van der Waals surface area contributed by atoms with Gasteiger partial charge in [-0.3, -0.25) is 20.2 Å². The lowest BCUT2D eigenvalue weighted by Crippen LogP contribution is -2.56. The van der Waals surface area contributed by atoms with Crippen molar-refractivity contribution in [2.45, 2.75) is 88.6 Å². The summed E-state index contributed by atoms with van der Waals surface area (Å²) in [7, 11) is 0. The molecule has 32 heavy (non-hydrogen) atoms. The summed E-state index contributed by atoms with van der Waals surface area (Å²) in [6, 6.07) is -1.99. The van der Waals surface area contributed by atoms with Gasteiger partial charge in [0.2, 0.25) is 0 Å². The number of rotatable bonds is 7. The minimum Gasteiger partial charge on any atom is -0.450 e. The Morgan fingerprint density at radius 2 is 1.09 bits per heavy atom. The number of nitro groups is 2. The zero-order chi connectivity index (χ0) is 23.3. The second kappa shape index (κ2) is 8.04. The number of carbonyl (C=O) groups is 2. The number of nitrogens with zero attached hydrogens (tertiary/aromatic N) is 4. The summed E-state index contributed by atoms with van der Waals surface area (Å²) in [5.41, 5.74) is -4.73. The van der Waals surface area contributed by atoms with Crippen LogP contribution in [0, 0.1) is 32.1 Å². The summed E-state index contributed by atoms with van der Waals surface area (Å²) in [6.07, 6.45) is 4.01. The van der Waals surface area contributed by atoms with E-state index >= 15 is 0 Å². The molecule has 4 fully saturated rings. The summed E-state index contributed by atoms with van der Waals surface area (Å²) in [4.78, 5) is 51.6. The summed E-state index contributed by atoms with van der Waals surface area (Å²) in [6.45, 7) is 3.12. The van der Waals surface area contributed by atoms with Crippen LogP contribution >= 0.6 is 0 Å². The Hall–Kier alpha value is -2.66. The molecule has 0 N–H and O–H groups in total. The first kappa shape index (κ1) is 22.5. The van der Waals surface area contributed by atoms with Gasteiger partial charge in [0.1, 0.15) is 12.1 Å². The molecule has 0 aromatic rings. The molecule has 4 aliphatic rings. The molecule has 0 bridgehead atoms. The van der Waals surface area contributed by atoms with E-state index in [2.05, 4.69) is 0 Å². The molecule has 2 amide bonds. The van der Waals surface area contributed by atoms with Gasteiger partial charge >= 0.3 is 23.5 Å². The standard InChI is InChI=1S/C20H30N4O8/c1-3-31-17(25)21-15(13-9-5-6-10-13)19(21,23(27)28)20(24(29)30)16(14-11-7-8-12-14)22(20)18(26)32-4-2/h13-16H,3-12H2,1-2H3. The Balaban J connectivity index is 1.85. The first-order chi connectivity index (χ1) is 15.3. The monoisotopic (exact) mass is 454 g/mol. The Labute approximate surface area is 185 Å². The average molecular weight is 454 g/mol. The SMILES string of the molecule is CCOC(=O)N1C(C2CCCC2)C1([N+](=O)[O-])C1([N+](=O)[O-])C(C2CCCC2)N1C(=O)OCC. The minimum atomic E-state index is -2.36. The third kappa shape index (κ3) is 2.80. The van der Waals surface area contributed by atoms with Gasteiger partial charge in [0.15, 0.2) is 0 Å². The third-order valence-electron chi connectivity index (χ3n) is 7.70. The molecule has 12 nitrogen and oxygen atoms in total. The van der Waals surface area contributed by atoms with E-state index in [-0.39, 0.29) is 25.0 Å². The molecule has 0 spiro atoms. The number of hydrogen-bond donors (Lipinski definition) is 0. The van der Waals surface area contributed by atoms with Gasteiger partial charge in [0, 0.05) is 0 Å². The quantitative estimate of drug-likeness (QED) is 0.324. The van der Waals surface area contributed by atoms with Crippen LogP contribution in [0.15, 0.2) is 0 Å². The van der Waals surface area contributed by atoms with Crippen molar-refractivity contribution in [2.75, 3.05) is 13.2 Å². The molecule has 2 aliphatic carbocycles. The highest BCUT2D eigenvalue weighted by molar-refractivity contribution is 5.78. The topological polar surface area (TPSA) is 145 Å². The first-order valence-corrected chi connectivity index (χ1v) is 11.5. The molecule has 4 unspecified atom stereocenters. The Bertz CT molecular complexity index is 745. The normalized spacial score (nSPS) is 34.4. The molecular weight excluding hydrogens is 424 g/mol. The van der Waals surface area contributed by atoms with Gasteiger partial charge in [-0.15, -0.1) is 0 Å². The summed E-state index contributed by atoms with van der Waals surface area (Å²) >= 11 is 0. The Morgan fingerprint density at radius 3 is 1.34 bits per heavy atom. The van der Waals surface area contributed by atoms with Crippen LogP contribution < -0.4 is 0 Å². The maximum atomic E-state index is 12.9. The lowest BCUT2D eigenvalue weighted by atomic mass is 9.88. The fourth-order valence-electron chi connectivity index (χ4n) is 6.57. The van der Waals surface area contributed by atoms with Crippen LogP contribution in [0.5, 0.6) is 0 Å². The van der Waals surface area contributed by atoms with Gasteiger partial charge in [-0.05, 0) is 51.4 Å². The molecule has 2 saturated heterocycles. The van der Waals surface area contributed by atoms with Gasteiger partial charge in [0.25, 0.3) is 0 Å². The van der Waals surface area contributed by atoms with E-state index in [1.807, 2.05) is 0 Å². The molecule has 178 valence electrons. The predicted molar refractivity (Wildman–Crippen MR) is 109 cm³/mol. The molecule has 4 atom stereocenters. The highest BCUT2D eigenvalue weighted by Gasteiger charge is 3.05. The number of ether oxygens (including phenoxy) is 2. The van der Waals surface area contributed by atoms with Crippen molar-refractivity contribution in [3.63, 3.8) is 0 Å². The number of hydrogen-bond acceptors (Lipinski definition) is 8. The van der Waals surface area contributed by atoms with Crippen LogP contribution in [0.1, 0.15) is 65.2 Å². The van der Waals surface area contributed by atoms with Crippen LogP contribution in [0.25, 0.3) is 0 Å². The zero-order valence-corrected chi connectivity index (χ0v) is 18.4. The highest BCUT2D eigenvalue weighted by Crippen LogP contribution is 2.67. The lowest BCUT2D eigenvalue weighted by Gasteiger charge is -2.16. The first-order valence-electron chi connectivity index (χ1n) is 11.5. The molecule has 0 radical (unpaired) electrons. The third-order valence-corrected chi connectivity index (χ3v) is 7.70.